The van der Waals surface area contributed by atoms with E-state index in [1.807, 2.05) is 11.3 Å². The summed E-state index contributed by atoms with van der Waals surface area (Å²) < 4.78 is 0. The van der Waals surface area contributed by atoms with Crippen LogP contribution in [0.3, 0.4) is 0 Å². The summed E-state index contributed by atoms with van der Waals surface area (Å²) in [4.78, 5) is 4.23. The molecule has 2 unspecified atom stereocenters. The smallest absolute Gasteiger partial charge is 0.0601 e. The van der Waals surface area contributed by atoms with Gasteiger partial charge in [-0.25, -0.2) is 0 Å². The highest BCUT2D eigenvalue weighted by Crippen LogP contribution is 2.39. The van der Waals surface area contributed by atoms with Gasteiger partial charge in [0.2, 0.25) is 0 Å². The summed E-state index contributed by atoms with van der Waals surface area (Å²) in [6.45, 7) is 12.8. The number of likely N-dealkylation sites (tertiary alicyclic amines) is 1. The standard InChI is InChI=1S/C16H28N2S/c1-5-16(4,18-10-7-8-11-18)15(17-6-2)14-13(3)9-12-19-14/h9,12,15,17H,5-8,10-11H2,1-4H3. The first-order chi connectivity index (χ1) is 9.13. The topological polar surface area (TPSA) is 15.3 Å². The second-order valence-electron chi connectivity index (χ2n) is 5.86. The van der Waals surface area contributed by atoms with Crippen LogP contribution in [0.15, 0.2) is 11.4 Å². The second kappa shape index (κ2) is 6.38. The number of nitrogens with zero attached hydrogens (tertiary/aromatic N) is 1. The molecule has 1 aromatic rings. The highest BCUT2D eigenvalue weighted by molar-refractivity contribution is 7.10. The van der Waals surface area contributed by atoms with E-state index >= 15 is 0 Å². The third-order valence-corrected chi connectivity index (χ3v) is 5.82. The lowest BCUT2D eigenvalue weighted by Crippen LogP contribution is -2.53. The van der Waals surface area contributed by atoms with E-state index in [0.717, 1.165) is 6.54 Å². The minimum atomic E-state index is 0.238. The van der Waals surface area contributed by atoms with Crippen LogP contribution in [0.1, 0.15) is 56.5 Å². The largest absolute Gasteiger partial charge is 0.308 e. The molecule has 1 aromatic heterocycles. The first kappa shape index (κ1) is 15.0. The molecule has 2 nitrogen and oxygen atoms in total. The number of hydrogen-bond acceptors (Lipinski definition) is 3. The monoisotopic (exact) mass is 280 g/mol. The highest BCUT2D eigenvalue weighted by atomic mass is 32.1. The van der Waals surface area contributed by atoms with Crippen LogP contribution in [0.4, 0.5) is 0 Å². The summed E-state index contributed by atoms with van der Waals surface area (Å²) in [6, 6.07) is 2.71. The molecule has 1 saturated heterocycles. The molecule has 2 heterocycles. The Balaban J connectivity index is 2.32. The van der Waals surface area contributed by atoms with Gasteiger partial charge in [-0.2, -0.15) is 0 Å². The zero-order valence-corrected chi connectivity index (χ0v) is 13.6. The third-order valence-electron chi connectivity index (χ3n) is 4.74. The molecular weight excluding hydrogens is 252 g/mol. The molecule has 0 aromatic carbocycles. The van der Waals surface area contributed by atoms with E-state index in [4.69, 9.17) is 0 Å². The number of likely N-dealkylation sites (N-methyl/N-ethyl adjacent to an activating group) is 1. The van der Waals surface area contributed by atoms with Crippen LogP contribution in [0, 0.1) is 6.92 Å². The van der Waals surface area contributed by atoms with Gasteiger partial charge in [-0.05, 0) is 69.8 Å². The molecular formula is C16H28N2S. The van der Waals surface area contributed by atoms with Gasteiger partial charge in [-0.3, -0.25) is 4.90 Å². The van der Waals surface area contributed by atoms with E-state index in [1.54, 1.807) is 0 Å². The normalized spacial score (nSPS) is 21.5. The zero-order valence-electron chi connectivity index (χ0n) is 12.8. The molecule has 3 heteroatoms. The van der Waals surface area contributed by atoms with E-state index in [2.05, 4.69) is 49.4 Å². The minimum absolute atomic E-state index is 0.238. The lowest BCUT2D eigenvalue weighted by atomic mass is 9.85. The molecule has 1 fully saturated rings. The van der Waals surface area contributed by atoms with Crippen molar-refractivity contribution in [3.05, 3.63) is 21.9 Å². The van der Waals surface area contributed by atoms with Crippen LogP contribution in [-0.2, 0) is 0 Å². The van der Waals surface area contributed by atoms with Crippen molar-refractivity contribution in [3.8, 4) is 0 Å². The van der Waals surface area contributed by atoms with Crippen molar-refractivity contribution in [1.29, 1.82) is 0 Å². The summed E-state index contributed by atoms with van der Waals surface area (Å²) in [5, 5.41) is 5.99. The molecule has 0 amide bonds. The molecule has 2 atom stereocenters. The Labute approximate surface area is 122 Å². The lowest BCUT2D eigenvalue weighted by molar-refractivity contribution is 0.0858. The fourth-order valence-electron chi connectivity index (χ4n) is 3.32. The van der Waals surface area contributed by atoms with Gasteiger partial charge in [0.25, 0.3) is 0 Å². The Morgan fingerprint density at radius 3 is 2.53 bits per heavy atom. The molecule has 0 saturated carbocycles. The molecule has 0 bridgehead atoms. The van der Waals surface area contributed by atoms with Gasteiger partial charge >= 0.3 is 0 Å². The Morgan fingerprint density at radius 2 is 2.05 bits per heavy atom. The van der Waals surface area contributed by atoms with Crippen LogP contribution >= 0.6 is 11.3 Å². The van der Waals surface area contributed by atoms with Crippen molar-refractivity contribution < 1.29 is 0 Å². The molecule has 1 aliphatic heterocycles. The maximum atomic E-state index is 3.76. The summed E-state index contributed by atoms with van der Waals surface area (Å²) in [7, 11) is 0. The van der Waals surface area contributed by atoms with Crippen molar-refractivity contribution in [2.45, 2.75) is 58.5 Å². The van der Waals surface area contributed by atoms with Crippen molar-refractivity contribution in [1.82, 2.24) is 10.2 Å². The number of aryl methyl sites for hydroxylation is 1. The van der Waals surface area contributed by atoms with E-state index in [9.17, 15) is 0 Å². The van der Waals surface area contributed by atoms with Gasteiger partial charge in [0.15, 0.2) is 0 Å². The molecule has 0 radical (unpaired) electrons. The SMILES string of the molecule is CCNC(c1sccc1C)C(C)(CC)N1CCCC1. The van der Waals surface area contributed by atoms with Crippen LogP contribution in [0.25, 0.3) is 0 Å². The number of nitrogens with one attached hydrogen (secondary N) is 1. The number of hydrogen-bond donors (Lipinski definition) is 1. The number of thiophene rings is 1. The quantitative estimate of drug-likeness (QED) is 0.848. The van der Waals surface area contributed by atoms with Crippen LogP contribution < -0.4 is 5.32 Å². The average molecular weight is 280 g/mol. The summed E-state index contributed by atoms with van der Waals surface area (Å²) in [5.74, 6) is 0. The van der Waals surface area contributed by atoms with Gasteiger partial charge in [-0.1, -0.05) is 13.8 Å². The molecule has 1 N–H and O–H groups in total. The molecule has 19 heavy (non-hydrogen) atoms. The van der Waals surface area contributed by atoms with Crippen molar-refractivity contribution >= 4 is 11.3 Å². The predicted molar refractivity (Wildman–Crippen MR) is 85.0 cm³/mol. The molecule has 108 valence electrons. The summed E-state index contributed by atoms with van der Waals surface area (Å²) in [6.07, 6.45) is 3.91. The predicted octanol–water partition coefficient (Wildman–Crippen LogP) is 3.97. The Hall–Kier alpha value is -0.380. The van der Waals surface area contributed by atoms with Crippen molar-refractivity contribution in [2.24, 2.45) is 0 Å². The van der Waals surface area contributed by atoms with E-state index in [-0.39, 0.29) is 5.54 Å². The molecule has 1 aliphatic rings. The van der Waals surface area contributed by atoms with E-state index in [0.29, 0.717) is 6.04 Å². The summed E-state index contributed by atoms with van der Waals surface area (Å²) >= 11 is 1.91. The average Bonchev–Trinajstić information content (AvgIpc) is 3.06. The Kier molecular flexibility index (Phi) is 5.04. The van der Waals surface area contributed by atoms with Gasteiger partial charge in [0.1, 0.15) is 0 Å². The molecule has 0 spiro atoms. The fourth-order valence-corrected chi connectivity index (χ4v) is 4.46. The Morgan fingerprint density at radius 1 is 1.37 bits per heavy atom. The van der Waals surface area contributed by atoms with Crippen LogP contribution in [0.2, 0.25) is 0 Å². The summed E-state index contributed by atoms with van der Waals surface area (Å²) in [5.41, 5.74) is 1.68. The molecule has 2 rings (SSSR count). The van der Waals surface area contributed by atoms with Gasteiger partial charge in [0, 0.05) is 10.4 Å². The fraction of sp³-hybridized carbons (Fsp3) is 0.750. The van der Waals surface area contributed by atoms with Gasteiger partial charge in [-0.15, -0.1) is 11.3 Å². The van der Waals surface area contributed by atoms with Crippen LogP contribution in [0.5, 0.6) is 0 Å². The number of rotatable bonds is 6. The van der Waals surface area contributed by atoms with Crippen molar-refractivity contribution in [2.75, 3.05) is 19.6 Å². The zero-order chi connectivity index (χ0) is 13.9. The highest BCUT2D eigenvalue weighted by Gasteiger charge is 2.40. The van der Waals surface area contributed by atoms with E-state index < -0.39 is 0 Å². The second-order valence-corrected chi connectivity index (χ2v) is 6.81. The first-order valence-electron chi connectivity index (χ1n) is 7.66. The van der Waals surface area contributed by atoms with Crippen LogP contribution in [-0.4, -0.2) is 30.1 Å². The lowest BCUT2D eigenvalue weighted by Gasteiger charge is -2.45. The van der Waals surface area contributed by atoms with Crippen molar-refractivity contribution in [3.63, 3.8) is 0 Å². The maximum Gasteiger partial charge on any atom is 0.0601 e. The van der Waals surface area contributed by atoms with E-state index in [1.165, 1.54) is 42.8 Å². The third kappa shape index (κ3) is 2.88. The molecule has 0 aliphatic carbocycles. The van der Waals surface area contributed by atoms with Gasteiger partial charge < -0.3 is 5.32 Å². The van der Waals surface area contributed by atoms with Gasteiger partial charge in [0.05, 0.1) is 6.04 Å². The minimum Gasteiger partial charge on any atom is -0.308 e. The maximum absolute atomic E-state index is 3.76. The first-order valence-corrected chi connectivity index (χ1v) is 8.53. The Bertz CT molecular complexity index is 395.